The molecule has 0 saturated heterocycles. The van der Waals surface area contributed by atoms with Crippen molar-refractivity contribution in [3.8, 4) is 0 Å². The minimum absolute atomic E-state index is 0.0210. The second-order valence-corrected chi connectivity index (χ2v) is 18.3. The SMILES string of the molecule is CCCCCC/C=C\CCCCCCCC(=O)O[C@@H]1COC(=O)CCC/C=C/C[C@@H]2[C@@H](O)[C@H](O)[C@@H](O)[C@H](OP(=O)(O)OC1)[C@H](O)[C@H](O)[C@@H](C=C[C@@H](O)CCCCC)[C@H](O)C[C@@H]2O. The lowest BCUT2D eigenvalue weighted by Gasteiger charge is -2.37. The highest BCUT2D eigenvalue weighted by molar-refractivity contribution is 7.47. The van der Waals surface area contributed by atoms with Crippen LogP contribution in [0.5, 0.6) is 0 Å². The van der Waals surface area contributed by atoms with Gasteiger partial charge in [-0.05, 0) is 57.8 Å². The standard InChI is InChI=1S/C45H79O16P/c1-3-5-7-8-9-10-11-12-13-14-15-16-22-26-39(50)60-33-30-58-38(49)25-21-18-17-20-24-34-36(47)29-37(48)35(28-27-32(46)23-19-6-4-2)41(52)43(54)45(44(55)42(53)40(34)51)61-62(56,57)59-31-33/h10-11,17,20,27-28,32-37,40-48,51-55H,3-9,12-16,18-19,21-26,29-31H2,1-2H3,(H,56,57)/b11-10-,20-17+,28-27?/t32-,33+,34-,35-,36-,37+,40+,41+,42-,43+,44+,45+/m0/s1. The molecule has 9 N–H and O–H groups in total. The zero-order chi connectivity index (χ0) is 45.9. The van der Waals surface area contributed by atoms with E-state index in [0.717, 1.165) is 51.4 Å². The molecule has 1 unspecified atom stereocenters. The van der Waals surface area contributed by atoms with Gasteiger partial charge in [0.05, 0.1) is 37.1 Å². The number of aliphatic hydroxyl groups is 8. The van der Waals surface area contributed by atoms with Gasteiger partial charge in [-0.2, -0.15) is 0 Å². The molecule has 0 radical (unpaired) electrons. The topological polar surface area (TPSA) is 270 Å². The Labute approximate surface area is 368 Å². The van der Waals surface area contributed by atoms with E-state index in [4.69, 9.17) is 18.5 Å². The van der Waals surface area contributed by atoms with E-state index in [1.54, 1.807) is 12.2 Å². The third kappa shape index (κ3) is 22.2. The molecule has 1 aliphatic heterocycles. The summed E-state index contributed by atoms with van der Waals surface area (Å²) in [6.07, 6.45) is 5.30. The number of ether oxygens (including phenoxy) is 2. The quantitative estimate of drug-likeness (QED) is 0.0337. The van der Waals surface area contributed by atoms with Crippen molar-refractivity contribution in [2.75, 3.05) is 13.2 Å². The number of aliphatic hydroxyl groups excluding tert-OH is 8. The van der Waals surface area contributed by atoms with Gasteiger partial charge in [0, 0.05) is 31.1 Å². The van der Waals surface area contributed by atoms with Crippen LogP contribution in [-0.2, 0) is 32.7 Å². The number of cyclic esters (lactones) is 1. The lowest BCUT2D eigenvalue weighted by molar-refractivity contribution is -0.167. The summed E-state index contributed by atoms with van der Waals surface area (Å²) in [6.45, 7) is 2.79. The van der Waals surface area contributed by atoms with Gasteiger partial charge in [0.25, 0.3) is 0 Å². The van der Waals surface area contributed by atoms with Crippen molar-refractivity contribution in [3.63, 3.8) is 0 Å². The Kier molecular flexibility index (Phi) is 28.7. The van der Waals surface area contributed by atoms with Crippen molar-refractivity contribution in [2.24, 2.45) is 11.8 Å². The first-order chi connectivity index (χ1) is 29.6. The molecule has 2 aliphatic rings. The molecule has 1 aliphatic carbocycles. The molecule has 0 aromatic rings. The van der Waals surface area contributed by atoms with Gasteiger partial charge >= 0.3 is 19.8 Å². The maximum atomic E-state index is 13.5. The van der Waals surface area contributed by atoms with Crippen LogP contribution in [0, 0.1) is 11.8 Å². The number of rotatable bonds is 20. The lowest BCUT2D eigenvalue weighted by atomic mass is 9.83. The number of allylic oxidation sites excluding steroid dienone is 4. The smallest absolute Gasteiger partial charge is 0.462 e. The predicted molar refractivity (Wildman–Crippen MR) is 232 cm³/mol. The zero-order valence-electron chi connectivity index (χ0n) is 37.0. The first-order valence-electron chi connectivity index (χ1n) is 23.0. The van der Waals surface area contributed by atoms with Gasteiger partial charge in [-0.1, -0.05) is 108 Å². The molecule has 1 fully saturated rings. The van der Waals surface area contributed by atoms with Gasteiger partial charge in [-0.3, -0.25) is 18.6 Å². The fourth-order valence-electron chi connectivity index (χ4n) is 7.63. The third-order valence-corrected chi connectivity index (χ3v) is 12.5. The first kappa shape index (κ1) is 56.1. The van der Waals surface area contributed by atoms with Crippen molar-refractivity contribution < 1.29 is 78.4 Å². The zero-order valence-corrected chi connectivity index (χ0v) is 37.9. The second kappa shape index (κ2) is 31.8. The predicted octanol–water partition coefficient (Wildman–Crippen LogP) is 4.99. The minimum Gasteiger partial charge on any atom is -0.462 e. The van der Waals surface area contributed by atoms with Crippen LogP contribution in [0.3, 0.4) is 0 Å². The Bertz CT molecular complexity index is 1360. The molecule has 16 nitrogen and oxygen atoms in total. The highest BCUT2D eigenvalue weighted by Crippen LogP contribution is 2.47. The average molecular weight is 907 g/mol. The summed E-state index contributed by atoms with van der Waals surface area (Å²) in [5.74, 6) is -4.05. The molecule has 1 saturated carbocycles. The van der Waals surface area contributed by atoms with E-state index >= 15 is 0 Å². The molecule has 13 atom stereocenters. The highest BCUT2D eigenvalue weighted by Gasteiger charge is 2.49. The molecule has 360 valence electrons. The average Bonchev–Trinajstić information content (AvgIpc) is 3.23. The van der Waals surface area contributed by atoms with Crippen LogP contribution in [0.2, 0.25) is 0 Å². The van der Waals surface area contributed by atoms with Crippen LogP contribution < -0.4 is 0 Å². The van der Waals surface area contributed by atoms with Gasteiger partial charge < -0.3 is 55.2 Å². The molecule has 0 aromatic heterocycles. The molecular formula is C45H79O16P. The summed E-state index contributed by atoms with van der Waals surface area (Å²) in [4.78, 5) is 36.4. The minimum atomic E-state index is -5.44. The lowest BCUT2D eigenvalue weighted by Crippen LogP contribution is -2.55. The molecule has 2 bridgehead atoms. The summed E-state index contributed by atoms with van der Waals surface area (Å²) in [5.41, 5.74) is 0. The number of carbonyl (C=O) groups excluding carboxylic acids is 2. The van der Waals surface area contributed by atoms with Crippen molar-refractivity contribution in [1.82, 2.24) is 0 Å². The van der Waals surface area contributed by atoms with Crippen molar-refractivity contribution in [1.29, 1.82) is 0 Å². The summed E-state index contributed by atoms with van der Waals surface area (Å²) in [7, 11) is -5.44. The Hall–Kier alpha value is -2.05. The number of esters is 2. The van der Waals surface area contributed by atoms with Crippen LogP contribution >= 0.6 is 7.82 Å². The van der Waals surface area contributed by atoms with Gasteiger partial charge in [0.2, 0.25) is 0 Å². The van der Waals surface area contributed by atoms with E-state index in [1.165, 1.54) is 37.8 Å². The Morgan fingerprint density at radius 3 is 2.13 bits per heavy atom. The summed E-state index contributed by atoms with van der Waals surface area (Å²) >= 11 is 0. The van der Waals surface area contributed by atoms with Gasteiger partial charge in [0.1, 0.15) is 31.0 Å². The number of phosphoric acid groups is 1. The maximum Gasteiger partial charge on any atom is 0.472 e. The maximum absolute atomic E-state index is 13.5. The molecule has 1 heterocycles. The van der Waals surface area contributed by atoms with Crippen molar-refractivity contribution in [2.45, 2.75) is 210 Å². The largest absolute Gasteiger partial charge is 0.472 e. The summed E-state index contributed by atoms with van der Waals surface area (Å²) < 4.78 is 34.7. The molecule has 62 heavy (non-hydrogen) atoms. The molecular weight excluding hydrogens is 827 g/mol. The summed E-state index contributed by atoms with van der Waals surface area (Å²) in [6, 6.07) is 0. The Morgan fingerprint density at radius 1 is 0.806 bits per heavy atom. The number of hydrogen-bond acceptors (Lipinski definition) is 15. The molecule has 0 amide bonds. The molecule has 0 aromatic carbocycles. The van der Waals surface area contributed by atoms with E-state index in [2.05, 4.69) is 19.1 Å². The van der Waals surface area contributed by atoms with Crippen LogP contribution in [0.1, 0.15) is 149 Å². The first-order valence-corrected chi connectivity index (χ1v) is 24.5. The van der Waals surface area contributed by atoms with Crippen molar-refractivity contribution >= 4 is 19.8 Å². The monoisotopic (exact) mass is 907 g/mol. The van der Waals surface area contributed by atoms with E-state index in [9.17, 15) is 59.9 Å². The van der Waals surface area contributed by atoms with E-state index in [1.807, 2.05) is 6.92 Å². The number of fused-ring (bicyclic) bond motifs is 4. The number of hydrogen-bond donors (Lipinski definition) is 9. The Morgan fingerprint density at radius 2 is 1.44 bits per heavy atom. The number of unbranched alkanes of at least 4 members (excludes halogenated alkanes) is 11. The van der Waals surface area contributed by atoms with Crippen LogP contribution in [0.25, 0.3) is 0 Å². The molecule has 2 rings (SSSR count). The normalized spacial score (nSPS) is 33.7. The number of phosphoric ester groups is 1. The van der Waals surface area contributed by atoms with Crippen LogP contribution in [-0.4, -0.2) is 132 Å². The highest BCUT2D eigenvalue weighted by atomic mass is 31.2. The summed E-state index contributed by atoms with van der Waals surface area (Å²) in [5, 5.41) is 90.0. The van der Waals surface area contributed by atoms with E-state index < -0.39 is 112 Å². The molecule has 17 heteroatoms. The molecule has 0 spiro atoms. The van der Waals surface area contributed by atoms with Gasteiger partial charge in [0.15, 0.2) is 6.10 Å². The number of carbonyl (C=O) groups is 2. The Balaban J connectivity index is 2.27. The van der Waals surface area contributed by atoms with E-state index in [-0.39, 0.29) is 19.3 Å². The fraction of sp³-hybridized carbons (Fsp3) is 0.822. The van der Waals surface area contributed by atoms with Gasteiger partial charge in [-0.25, -0.2) is 4.57 Å². The third-order valence-electron chi connectivity index (χ3n) is 11.5. The van der Waals surface area contributed by atoms with Gasteiger partial charge in [-0.15, -0.1) is 0 Å². The second-order valence-electron chi connectivity index (χ2n) is 16.9. The van der Waals surface area contributed by atoms with Crippen LogP contribution in [0.15, 0.2) is 36.5 Å². The van der Waals surface area contributed by atoms with E-state index in [0.29, 0.717) is 32.1 Å². The fourth-order valence-corrected chi connectivity index (χ4v) is 8.60. The van der Waals surface area contributed by atoms with Crippen molar-refractivity contribution in [3.05, 3.63) is 36.5 Å². The van der Waals surface area contributed by atoms with Crippen LogP contribution in [0.4, 0.5) is 0 Å².